The summed E-state index contributed by atoms with van der Waals surface area (Å²) in [5.41, 5.74) is 5.80. The van der Waals surface area contributed by atoms with Gasteiger partial charge in [0, 0.05) is 19.1 Å². The Morgan fingerprint density at radius 1 is 1.42 bits per heavy atom. The molecule has 6 nitrogen and oxygen atoms in total. The van der Waals surface area contributed by atoms with Gasteiger partial charge in [0.05, 0.1) is 6.54 Å². The fraction of sp³-hybridized carbons (Fsp3) is 0.846. The van der Waals surface area contributed by atoms with Crippen LogP contribution in [0.1, 0.15) is 39.0 Å². The van der Waals surface area contributed by atoms with E-state index < -0.39 is 12.0 Å². The summed E-state index contributed by atoms with van der Waals surface area (Å²) >= 11 is 0. The summed E-state index contributed by atoms with van der Waals surface area (Å²) in [4.78, 5) is 24.9. The fourth-order valence-electron chi connectivity index (χ4n) is 2.22. The zero-order chi connectivity index (χ0) is 14.3. The number of nitrogens with two attached hydrogens (primary N) is 1. The minimum Gasteiger partial charge on any atom is -0.480 e. The molecule has 1 atom stereocenters. The van der Waals surface area contributed by atoms with E-state index in [0.717, 1.165) is 38.8 Å². The first-order chi connectivity index (χ1) is 9.02. The van der Waals surface area contributed by atoms with Gasteiger partial charge in [-0.2, -0.15) is 0 Å². The number of carbonyl (C=O) groups excluding carboxylic acids is 1. The first-order valence-corrected chi connectivity index (χ1v) is 7.03. The Balaban J connectivity index is 2.33. The van der Waals surface area contributed by atoms with Crippen molar-refractivity contribution in [1.29, 1.82) is 0 Å². The molecule has 110 valence electrons. The van der Waals surface area contributed by atoms with Gasteiger partial charge in [0.15, 0.2) is 0 Å². The lowest BCUT2D eigenvalue weighted by atomic mass is 10.1. The highest BCUT2D eigenvalue weighted by molar-refractivity contribution is 5.84. The number of rotatable bonds is 7. The second-order valence-electron chi connectivity index (χ2n) is 5.21. The molecular formula is C13H25N3O3. The quantitative estimate of drug-likeness (QED) is 0.613. The number of hydrogen-bond acceptors (Lipinski definition) is 4. The maximum Gasteiger partial charge on any atom is 0.326 e. The predicted molar refractivity (Wildman–Crippen MR) is 72.7 cm³/mol. The zero-order valence-corrected chi connectivity index (χ0v) is 11.6. The highest BCUT2D eigenvalue weighted by Gasteiger charge is 2.22. The van der Waals surface area contributed by atoms with Gasteiger partial charge >= 0.3 is 5.97 Å². The van der Waals surface area contributed by atoms with Crippen LogP contribution in [0.2, 0.25) is 0 Å². The SMILES string of the molecule is CCCC[C@H](NC(=O)CN1CCC(N)CC1)C(=O)O. The molecule has 0 radical (unpaired) electrons. The summed E-state index contributed by atoms with van der Waals surface area (Å²) in [6.45, 7) is 3.88. The normalized spacial score (nSPS) is 19.1. The number of likely N-dealkylation sites (tertiary alicyclic amines) is 1. The average Bonchev–Trinajstić information content (AvgIpc) is 2.37. The van der Waals surface area contributed by atoms with Crippen LogP contribution in [0, 0.1) is 0 Å². The van der Waals surface area contributed by atoms with Crippen molar-refractivity contribution in [2.24, 2.45) is 5.73 Å². The third-order valence-corrected chi connectivity index (χ3v) is 3.48. The lowest BCUT2D eigenvalue weighted by Gasteiger charge is -2.29. The summed E-state index contributed by atoms with van der Waals surface area (Å²) in [6.07, 6.45) is 4.00. The number of aliphatic carboxylic acids is 1. The van der Waals surface area contributed by atoms with E-state index in [1.165, 1.54) is 0 Å². The van der Waals surface area contributed by atoms with Crippen molar-refractivity contribution in [2.45, 2.75) is 51.1 Å². The molecule has 1 aliphatic heterocycles. The van der Waals surface area contributed by atoms with Gasteiger partial charge in [-0.1, -0.05) is 19.8 Å². The minimum absolute atomic E-state index is 0.209. The summed E-state index contributed by atoms with van der Waals surface area (Å²) in [5.74, 6) is -1.17. The summed E-state index contributed by atoms with van der Waals surface area (Å²) in [7, 11) is 0. The smallest absolute Gasteiger partial charge is 0.326 e. The molecule has 6 heteroatoms. The number of nitrogens with one attached hydrogen (secondary N) is 1. The molecule has 0 saturated carbocycles. The maximum atomic E-state index is 11.8. The fourth-order valence-corrected chi connectivity index (χ4v) is 2.22. The second kappa shape index (κ2) is 8.12. The van der Waals surface area contributed by atoms with E-state index in [1.54, 1.807) is 0 Å². The van der Waals surface area contributed by atoms with Gasteiger partial charge in [-0.3, -0.25) is 9.69 Å². The van der Waals surface area contributed by atoms with E-state index in [-0.39, 0.29) is 18.5 Å². The van der Waals surface area contributed by atoms with Crippen LogP contribution in [0.5, 0.6) is 0 Å². The van der Waals surface area contributed by atoms with Crippen molar-refractivity contribution in [3.63, 3.8) is 0 Å². The minimum atomic E-state index is -0.956. The number of nitrogens with zero attached hydrogens (tertiary/aromatic N) is 1. The number of carboxylic acids is 1. The van der Waals surface area contributed by atoms with Crippen LogP contribution in [-0.2, 0) is 9.59 Å². The van der Waals surface area contributed by atoms with Gasteiger partial charge < -0.3 is 16.2 Å². The van der Waals surface area contributed by atoms with Crippen LogP contribution in [0.25, 0.3) is 0 Å². The predicted octanol–water partition coefficient (Wildman–Crippen LogP) is 0.169. The molecule has 1 fully saturated rings. The Hall–Kier alpha value is -1.14. The van der Waals surface area contributed by atoms with Gasteiger partial charge in [-0.15, -0.1) is 0 Å². The molecule has 0 aromatic rings. The molecule has 0 aromatic carbocycles. The van der Waals surface area contributed by atoms with Gasteiger partial charge in [0.2, 0.25) is 5.91 Å². The molecule has 1 rings (SSSR count). The first-order valence-electron chi connectivity index (χ1n) is 7.03. The highest BCUT2D eigenvalue weighted by atomic mass is 16.4. The zero-order valence-electron chi connectivity index (χ0n) is 11.6. The van der Waals surface area contributed by atoms with Crippen LogP contribution < -0.4 is 11.1 Å². The van der Waals surface area contributed by atoms with Crippen molar-refractivity contribution in [1.82, 2.24) is 10.2 Å². The van der Waals surface area contributed by atoms with Crippen LogP contribution >= 0.6 is 0 Å². The van der Waals surface area contributed by atoms with Gasteiger partial charge in [0.1, 0.15) is 6.04 Å². The standard InChI is InChI=1S/C13H25N3O3/c1-2-3-4-11(13(18)19)15-12(17)9-16-7-5-10(14)6-8-16/h10-11H,2-9,14H2,1H3,(H,15,17)(H,18,19)/t11-/m0/s1. The third-order valence-electron chi connectivity index (χ3n) is 3.48. The lowest BCUT2D eigenvalue weighted by Crippen LogP contribution is -2.48. The highest BCUT2D eigenvalue weighted by Crippen LogP contribution is 2.07. The Bertz CT molecular complexity index is 302. The Morgan fingerprint density at radius 3 is 2.58 bits per heavy atom. The Labute approximate surface area is 114 Å². The molecule has 1 aliphatic rings. The molecule has 0 bridgehead atoms. The largest absolute Gasteiger partial charge is 0.480 e. The van der Waals surface area contributed by atoms with E-state index in [9.17, 15) is 9.59 Å². The van der Waals surface area contributed by atoms with Gasteiger partial charge in [-0.05, 0) is 19.3 Å². The Kier molecular flexibility index (Phi) is 6.80. The molecule has 1 saturated heterocycles. The van der Waals surface area contributed by atoms with Crippen LogP contribution in [0.3, 0.4) is 0 Å². The monoisotopic (exact) mass is 271 g/mol. The van der Waals surface area contributed by atoms with Crippen LogP contribution in [0.15, 0.2) is 0 Å². The molecule has 1 amide bonds. The van der Waals surface area contributed by atoms with Crippen molar-refractivity contribution < 1.29 is 14.7 Å². The molecular weight excluding hydrogens is 246 g/mol. The summed E-state index contributed by atoms with van der Waals surface area (Å²) in [6, 6.07) is -0.532. The molecule has 4 N–H and O–H groups in total. The number of unbranched alkanes of at least 4 members (excludes halogenated alkanes) is 1. The molecule has 0 unspecified atom stereocenters. The molecule has 19 heavy (non-hydrogen) atoms. The molecule has 0 aromatic heterocycles. The van der Waals surface area contributed by atoms with E-state index in [1.807, 2.05) is 11.8 Å². The third kappa shape index (κ3) is 6.02. The number of carbonyl (C=O) groups is 2. The molecule has 1 heterocycles. The summed E-state index contributed by atoms with van der Waals surface area (Å²) < 4.78 is 0. The number of piperidine rings is 1. The maximum absolute atomic E-state index is 11.8. The van der Waals surface area contributed by atoms with Crippen molar-refractivity contribution in [3.8, 4) is 0 Å². The number of carboxylic acid groups (broad SMARTS) is 1. The van der Waals surface area contributed by atoms with Crippen molar-refractivity contribution >= 4 is 11.9 Å². The second-order valence-corrected chi connectivity index (χ2v) is 5.21. The van der Waals surface area contributed by atoms with Gasteiger partial charge in [0.25, 0.3) is 0 Å². The topological polar surface area (TPSA) is 95.7 Å². The number of amides is 1. The molecule has 0 spiro atoms. The first kappa shape index (κ1) is 15.9. The van der Waals surface area contributed by atoms with Crippen LogP contribution in [0.4, 0.5) is 0 Å². The van der Waals surface area contributed by atoms with E-state index in [0.29, 0.717) is 6.42 Å². The van der Waals surface area contributed by atoms with E-state index in [2.05, 4.69) is 5.32 Å². The molecule has 0 aliphatic carbocycles. The average molecular weight is 271 g/mol. The van der Waals surface area contributed by atoms with Crippen molar-refractivity contribution in [2.75, 3.05) is 19.6 Å². The van der Waals surface area contributed by atoms with E-state index in [4.69, 9.17) is 10.8 Å². The lowest BCUT2D eigenvalue weighted by molar-refractivity contribution is -0.142. The number of hydrogen-bond donors (Lipinski definition) is 3. The van der Waals surface area contributed by atoms with Crippen LogP contribution in [-0.4, -0.2) is 53.6 Å². The van der Waals surface area contributed by atoms with Gasteiger partial charge in [-0.25, -0.2) is 4.79 Å². The van der Waals surface area contributed by atoms with E-state index >= 15 is 0 Å². The van der Waals surface area contributed by atoms with Crippen molar-refractivity contribution in [3.05, 3.63) is 0 Å². The summed E-state index contributed by atoms with van der Waals surface area (Å²) in [5, 5.41) is 11.6. The Morgan fingerprint density at radius 2 is 2.05 bits per heavy atom.